The molecule has 0 radical (unpaired) electrons. The summed E-state index contributed by atoms with van der Waals surface area (Å²) < 4.78 is 26.4. The highest BCUT2D eigenvalue weighted by molar-refractivity contribution is 7.25. The van der Waals surface area contributed by atoms with Crippen LogP contribution in [0.3, 0.4) is 0 Å². The molecular weight excluding hydrogens is 334 g/mol. The van der Waals surface area contributed by atoms with Gasteiger partial charge in [0.25, 0.3) is 0 Å². The lowest BCUT2D eigenvalue weighted by Gasteiger charge is -2.09. The molecule has 0 N–H and O–H groups in total. The Morgan fingerprint density at radius 2 is 1.58 bits per heavy atom. The minimum Gasteiger partial charge on any atom is -0.256 e. The number of rotatable bonds is 2. The van der Waals surface area contributed by atoms with E-state index in [4.69, 9.17) is 4.11 Å². The largest absolute Gasteiger partial charge is 0.256 e. The summed E-state index contributed by atoms with van der Waals surface area (Å²) in [4.78, 5) is 4.45. The number of aryl methyl sites for hydroxylation is 1. The first kappa shape index (κ1) is 12.4. The van der Waals surface area contributed by atoms with E-state index in [-0.39, 0.29) is 5.56 Å². The van der Waals surface area contributed by atoms with Gasteiger partial charge in [-0.15, -0.1) is 11.3 Å². The Balaban J connectivity index is 1.76. The maximum Gasteiger partial charge on any atom is 0.0708 e. The van der Waals surface area contributed by atoms with Gasteiger partial charge in [-0.1, -0.05) is 54.6 Å². The molecule has 2 heteroatoms. The number of nitrogens with zero attached hydrogens (tertiary/aromatic N) is 1. The fourth-order valence-corrected chi connectivity index (χ4v) is 4.44. The second-order valence-electron chi connectivity index (χ2n) is 6.29. The van der Waals surface area contributed by atoms with Crippen molar-refractivity contribution in [3.63, 3.8) is 0 Å². The average molecular weight is 354 g/mol. The van der Waals surface area contributed by atoms with E-state index in [9.17, 15) is 0 Å². The second kappa shape index (κ2) is 6.08. The van der Waals surface area contributed by atoms with Crippen LogP contribution in [0.4, 0.5) is 0 Å². The number of benzene rings is 3. The molecule has 0 atom stereocenters. The highest BCUT2D eigenvalue weighted by atomic mass is 32.1. The van der Waals surface area contributed by atoms with Crippen LogP contribution in [0.2, 0.25) is 0 Å². The zero-order valence-electron chi connectivity index (χ0n) is 16.9. The van der Waals surface area contributed by atoms with E-state index >= 15 is 0 Å². The van der Waals surface area contributed by atoms with Crippen molar-refractivity contribution < 1.29 is 4.11 Å². The zero-order valence-corrected chi connectivity index (χ0v) is 14.8. The van der Waals surface area contributed by atoms with E-state index in [1.807, 2.05) is 54.6 Å². The van der Waals surface area contributed by atoms with Crippen LogP contribution < -0.4 is 0 Å². The molecule has 0 fully saturated rings. The topological polar surface area (TPSA) is 12.9 Å². The number of pyridine rings is 1. The van der Waals surface area contributed by atoms with E-state index in [0.29, 0.717) is 5.56 Å². The molecule has 5 aromatic rings. The van der Waals surface area contributed by atoms with E-state index in [1.54, 1.807) is 11.3 Å². The molecule has 5 rings (SSSR count). The number of aromatic nitrogens is 1. The molecule has 1 nitrogen and oxygen atoms in total. The maximum atomic E-state index is 8.00. The zero-order chi connectivity index (χ0) is 20.0. The molecule has 0 amide bonds. The van der Waals surface area contributed by atoms with Crippen LogP contribution in [-0.2, 0) is 0 Å². The summed E-state index contributed by atoms with van der Waals surface area (Å²) in [6, 6.07) is 26.2. The lowest BCUT2D eigenvalue weighted by atomic mass is 9.98. The van der Waals surface area contributed by atoms with Crippen molar-refractivity contribution in [1.82, 2.24) is 4.98 Å². The predicted molar refractivity (Wildman–Crippen MR) is 113 cm³/mol. The second-order valence-corrected chi connectivity index (χ2v) is 7.37. The van der Waals surface area contributed by atoms with Crippen LogP contribution in [0.15, 0.2) is 85.1 Å². The summed E-state index contributed by atoms with van der Waals surface area (Å²) in [6.07, 6.45) is 1.50. The summed E-state index contributed by atoms with van der Waals surface area (Å²) in [5, 5.41) is 2.35. The van der Waals surface area contributed by atoms with Gasteiger partial charge in [-0.2, -0.15) is 0 Å². The molecule has 0 spiro atoms. The van der Waals surface area contributed by atoms with Crippen LogP contribution >= 0.6 is 11.3 Å². The van der Waals surface area contributed by atoms with Crippen LogP contribution in [0.1, 0.15) is 9.68 Å². The molecule has 0 bridgehead atoms. The normalized spacial score (nSPS) is 13.5. The fourth-order valence-electron chi connectivity index (χ4n) is 3.35. The SMILES string of the molecule is [2H]C([2H])([2H])c1cnc(-c2ccccc2)cc1-c1ccc2sc3ccccc3c2c1. The molecule has 0 saturated heterocycles. The molecule has 3 aromatic carbocycles. The first-order chi connectivity index (χ1) is 14.0. The number of hydrogen-bond donors (Lipinski definition) is 0. The average Bonchev–Trinajstić information content (AvgIpc) is 3.11. The van der Waals surface area contributed by atoms with E-state index < -0.39 is 6.85 Å². The highest BCUT2D eigenvalue weighted by Gasteiger charge is 2.10. The van der Waals surface area contributed by atoms with Gasteiger partial charge in [-0.05, 0) is 47.8 Å². The summed E-state index contributed by atoms with van der Waals surface area (Å²) in [5.41, 5.74) is 3.61. The first-order valence-electron chi connectivity index (χ1n) is 9.98. The van der Waals surface area contributed by atoms with Gasteiger partial charge in [0, 0.05) is 36.0 Å². The third-order valence-electron chi connectivity index (χ3n) is 4.66. The van der Waals surface area contributed by atoms with Crippen LogP contribution in [-0.4, -0.2) is 4.98 Å². The third-order valence-corrected chi connectivity index (χ3v) is 5.81. The Hall–Kier alpha value is -2.97. The van der Waals surface area contributed by atoms with Crippen LogP contribution in [0.25, 0.3) is 42.6 Å². The van der Waals surface area contributed by atoms with Gasteiger partial charge in [0.15, 0.2) is 0 Å². The minimum atomic E-state index is -2.23. The highest BCUT2D eigenvalue weighted by Crippen LogP contribution is 2.37. The molecule has 0 aliphatic carbocycles. The number of thiophene rings is 1. The molecule has 0 aliphatic rings. The van der Waals surface area contributed by atoms with E-state index in [0.717, 1.165) is 22.2 Å². The molecule has 0 saturated carbocycles. The smallest absolute Gasteiger partial charge is 0.0708 e. The first-order valence-corrected chi connectivity index (χ1v) is 9.30. The standard InChI is InChI=1S/C24H17NS/c1-16-15-25-22(17-7-3-2-4-8-17)14-20(16)18-11-12-24-21(13-18)19-9-5-6-10-23(19)26-24/h2-15H,1H3/i1D3. The van der Waals surface area contributed by atoms with Gasteiger partial charge in [0.1, 0.15) is 0 Å². The lowest BCUT2D eigenvalue weighted by Crippen LogP contribution is -1.89. The molecule has 0 aliphatic heterocycles. The summed E-state index contributed by atoms with van der Waals surface area (Å²) in [5.74, 6) is 0. The minimum absolute atomic E-state index is 0.274. The molecule has 124 valence electrons. The molecule has 0 unspecified atom stereocenters. The maximum absolute atomic E-state index is 8.00. The van der Waals surface area contributed by atoms with Gasteiger partial charge in [-0.25, -0.2) is 0 Å². The van der Waals surface area contributed by atoms with Gasteiger partial charge >= 0.3 is 0 Å². The lowest BCUT2D eigenvalue weighted by molar-refractivity contribution is 1.27. The Labute approximate surface area is 160 Å². The van der Waals surface area contributed by atoms with Gasteiger partial charge in [-0.3, -0.25) is 4.98 Å². The van der Waals surface area contributed by atoms with Crippen molar-refractivity contribution in [2.75, 3.05) is 0 Å². The van der Waals surface area contributed by atoms with Gasteiger partial charge in [0.05, 0.1) is 5.69 Å². The van der Waals surface area contributed by atoms with Crippen molar-refractivity contribution in [3.8, 4) is 22.4 Å². The Morgan fingerprint density at radius 3 is 2.46 bits per heavy atom. The van der Waals surface area contributed by atoms with Crippen molar-refractivity contribution in [1.29, 1.82) is 0 Å². The molecule has 26 heavy (non-hydrogen) atoms. The molecule has 2 heterocycles. The molecule has 2 aromatic heterocycles. The summed E-state index contributed by atoms with van der Waals surface area (Å²) in [6.45, 7) is -2.23. The number of hydrogen-bond acceptors (Lipinski definition) is 2. The van der Waals surface area contributed by atoms with E-state index in [1.165, 1.54) is 21.0 Å². The van der Waals surface area contributed by atoms with Crippen LogP contribution in [0, 0.1) is 6.85 Å². The van der Waals surface area contributed by atoms with Crippen molar-refractivity contribution in [2.45, 2.75) is 6.85 Å². The Bertz CT molecular complexity index is 1340. The Morgan fingerprint density at radius 1 is 0.769 bits per heavy atom. The summed E-state index contributed by atoms with van der Waals surface area (Å²) >= 11 is 1.75. The monoisotopic (exact) mass is 354 g/mol. The Kier molecular flexibility index (Phi) is 2.90. The fraction of sp³-hybridized carbons (Fsp3) is 0.0417. The summed E-state index contributed by atoms with van der Waals surface area (Å²) in [7, 11) is 0. The quantitative estimate of drug-likeness (QED) is 0.330. The van der Waals surface area contributed by atoms with Crippen molar-refractivity contribution in [3.05, 3.63) is 90.6 Å². The third kappa shape index (κ3) is 2.51. The van der Waals surface area contributed by atoms with Gasteiger partial charge in [0.2, 0.25) is 0 Å². The predicted octanol–water partition coefficient (Wildman–Crippen LogP) is 7.09. The van der Waals surface area contributed by atoms with Crippen molar-refractivity contribution >= 4 is 31.5 Å². The van der Waals surface area contributed by atoms with Crippen LogP contribution in [0.5, 0.6) is 0 Å². The number of fused-ring (bicyclic) bond motifs is 3. The van der Waals surface area contributed by atoms with Gasteiger partial charge < -0.3 is 0 Å². The molecular formula is C24H17NS. The van der Waals surface area contributed by atoms with E-state index in [2.05, 4.69) is 29.2 Å². The van der Waals surface area contributed by atoms with Crippen molar-refractivity contribution in [2.24, 2.45) is 0 Å².